The number of anilines is 6. The lowest BCUT2D eigenvalue weighted by Crippen LogP contribution is -2.10. The Bertz CT molecular complexity index is 4340. The highest BCUT2D eigenvalue weighted by molar-refractivity contribution is 5.95. The molecule has 0 atom stereocenters. The second-order valence-electron chi connectivity index (χ2n) is 21.9. The van der Waals surface area contributed by atoms with Gasteiger partial charge in [0.25, 0.3) is 0 Å². The Morgan fingerprint density at radius 1 is 0.214 bits per heavy atom. The molecular weight excluding hydrogens is 1020 g/mol. The minimum absolute atomic E-state index is 1.10. The van der Waals surface area contributed by atoms with Crippen molar-refractivity contribution in [2.24, 2.45) is 0 Å². The largest absolute Gasteiger partial charge is 0.314 e. The summed E-state index contributed by atoms with van der Waals surface area (Å²) in [6, 6.07) is 110. The van der Waals surface area contributed by atoms with Gasteiger partial charge >= 0.3 is 0 Å². The maximum absolute atomic E-state index is 2.41. The average molecular weight is 1080 g/mol. The molecule has 4 nitrogen and oxygen atoms in total. The van der Waals surface area contributed by atoms with Crippen LogP contribution in [0.2, 0.25) is 0 Å². The molecule has 402 valence electrons. The third-order valence-corrected chi connectivity index (χ3v) is 17.0. The molecule has 0 saturated carbocycles. The number of aromatic nitrogens is 2. The molecule has 4 heteroatoms. The fourth-order valence-electron chi connectivity index (χ4n) is 12.3. The van der Waals surface area contributed by atoms with Gasteiger partial charge in [-0.2, -0.15) is 0 Å². The molecule has 0 aliphatic carbocycles. The van der Waals surface area contributed by atoms with E-state index < -0.39 is 0 Å². The Hall–Kier alpha value is -10.7. The molecule has 0 spiro atoms. The lowest BCUT2D eigenvalue weighted by Gasteiger charge is -2.26. The molecule has 2 aromatic heterocycles. The lowest BCUT2D eigenvalue weighted by molar-refractivity contribution is 1.04. The number of hydrogen-bond donors (Lipinski definition) is 0. The molecule has 12 aromatic carbocycles. The highest BCUT2D eigenvalue weighted by Crippen LogP contribution is 2.41. The Balaban J connectivity index is 0.728. The van der Waals surface area contributed by atoms with Gasteiger partial charge in [-0.3, -0.25) is 0 Å². The van der Waals surface area contributed by atoms with E-state index in [0.29, 0.717) is 0 Å². The van der Waals surface area contributed by atoms with Crippen LogP contribution in [0.4, 0.5) is 34.1 Å². The summed E-state index contributed by atoms with van der Waals surface area (Å²) < 4.78 is 4.82. The predicted molar refractivity (Wildman–Crippen MR) is 356 cm³/mol. The van der Waals surface area contributed by atoms with Gasteiger partial charge in [0.15, 0.2) is 0 Å². The van der Waals surface area contributed by atoms with E-state index in [1.165, 1.54) is 100.0 Å². The standard InChI is InChI=1S/C80H62N4/c1-55-57(3)81(71-41-45-75(46-42-71)83(69-27-13-7-14-28-69)73-37-31-61(32-38-73)65-25-17-23-63(51-65)59-19-9-5-10-20-59)79-49-35-67(53-77(55)79)68-36-50-80-78(54-68)56(2)58(4)82(80)72-43-47-76(48-44-72)84(70-29-15-8-16-30-70)74-39-33-62(34-40-74)66-26-18-24-64(52-66)60-21-11-6-12-22-60/h5-54H,1-4H3. The predicted octanol–water partition coefficient (Wildman–Crippen LogP) is 22.1. The van der Waals surface area contributed by atoms with Crippen LogP contribution in [-0.2, 0) is 0 Å². The van der Waals surface area contributed by atoms with E-state index >= 15 is 0 Å². The quantitative estimate of drug-likeness (QED) is 0.114. The minimum atomic E-state index is 1.10. The molecule has 2 heterocycles. The summed E-state index contributed by atoms with van der Waals surface area (Å²) in [6.45, 7) is 9.01. The molecule has 0 fully saturated rings. The Morgan fingerprint density at radius 2 is 0.464 bits per heavy atom. The summed E-state index contributed by atoms with van der Waals surface area (Å²) in [7, 11) is 0. The number of para-hydroxylation sites is 2. The number of hydrogen-bond acceptors (Lipinski definition) is 2. The molecule has 0 bridgehead atoms. The number of fused-ring (bicyclic) bond motifs is 2. The van der Waals surface area contributed by atoms with Crippen molar-refractivity contribution in [3.8, 4) is 67.0 Å². The van der Waals surface area contributed by atoms with Crippen molar-refractivity contribution < 1.29 is 0 Å². The van der Waals surface area contributed by atoms with Gasteiger partial charge in [0.05, 0.1) is 11.0 Å². The third-order valence-electron chi connectivity index (χ3n) is 17.0. The van der Waals surface area contributed by atoms with E-state index in [4.69, 9.17) is 0 Å². The zero-order chi connectivity index (χ0) is 56.7. The molecular formula is C80H62N4. The first-order valence-electron chi connectivity index (χ1n) is 29.0. The van der Waals surface area contributed by atoms with Crippen LogP contribution < -0.4 is 9.80 Å². The van der Waals surface area contributed by atoms with Gasteiger partial charge in [0.2, 0.25) is 0 Å². The van der Waals surface area contributed by atoms with E-state index in [9.17, 15) is 0 Å². The van der Waals surface area contributed by atoms with Crippen LogP contribution in [-0.4, -0.2) is 9.13 Å². The third kappa shape index (κ3) is 9.63. The first kappa shape index (κ1) is 51.5. The van der Waals surface area contributed by atoms with Crippen molar-refractivity contribution in [1.82, 2.24) is 9.13 Å². The van der Waals surface area contributed by atoms with Gasteiger partial charge in [0, 0.05) is 67.7 Å². The monoisotopic (exact) mass is 1080 g/mol. The smallest absolute Gasteiger partial charge is 0.0534 e. The number of benzene rings is 12. The van der Waals surface area contributed by atoms with Crippen LogP contribution >= 0.6 is 0 Å². The number of rotatable bonds is 13. The van der Waals surface area contributed by atoms with Crippen molar-refractivity contribution in [2.75, 3.05) is 9.80 Å². The molecule has 0 amide bonds. The summed E-state index contributed by atoms with van der Waals surface area (Å²) in [6.07, 6.45) is 0. The van der Waals surface area contributed by atoms with Crippen molar-refractivity contribution in [1.29, 1.82) is 0 Å². The van der Waals surface area contributed by atoms with Crippen LogP contribution in [0, 0.1) is 27.7 Å². The van der Waals surface area contributed by atoms with Gasteiger partial charge in [-0.1, -0.05) is 170 Å². The minimum Gasteiger partial charge on any atom is -0.314 e. The first-order valence-corrected chi connectivity index (χ1v) is 29.0. The summed E-state index contributed by atoms with van der Waals surface area (Å²) in [5.41, 5.74) is 28.3. The van der Waals surface area contributed by atoms with Crippen molar-refractivity contribution in [3.63, 3.8) is 0 Å². The van der Waals surface area contributed by atoms with Crippen LogP contribution in [0.5, 0.6) is 0 Å². The maximum atomic E-state index is 2.41. The van der Waals surface area contributed by atoms with Crippen molar-refractivity contribution >= 4 is 55.9 Å². The zero-order valence-corrected chi connectivity index (χ0v) is 47.7. The first-order chi connectivity index (χ1) is 41.3. The summed E-state index contributed by atoms with van der Waals surface area (Å²) in [5, 5.41) is 2.52. The van der Waals surface area contributed by atoms with Crippen LogP contribution in [0.25, 0.3) is 88.8 Å². The summed E-state index contributed by atoms with van der Waals surface area (Å²) >= 11 is 0. The number of aryl methyl sites for hydroxylation is 2. The Kier molecular flexibility index (Phi) is 13.5. The zero-order valence-electron chi connectivity index (χ0n) is 47.7. The second-order valence-corrected chi connectivity index (χ2v) is 21.9. The Morgan fingerprint density at radius 3 is 0.798 bits per heavy atom. The van der Waals surface area contributed by atoms with Crippen LogP contribution in [0.15, 0.2) is 303 Å². The van der Waals surface area contributed by atoms with Crippen LogP contribution in [0.3, 0.4) is 0 Å². The van der Waals surface area contributed by atoms with E-state index in [2.05, 4.69) is 350 Å². The molecule has 14 rings (SSSR count). The van der Waals surface area contributed by atoms with Gasteiger partial charge in [0.1, 0.15) is 0 Å². The van der Waals surface area contributed by atoms with Gasteiger partial charge in [-0.05, 0) is 228 Å². The molecule has 0 saturated heterocycles. The maximum Gasteiger partial charge on any atom is 0.0534 e. The Labute approximate surface area is 492 Å². The highest BCUT2D eigenvalue weighted by Gasteiger charge is 2.20. The van der Waals surface area contributed by atoms with E-state index in [1.807, 2.05) is 0 Å². The molecule has 0 N–H and O–H groups in total. The fourth-order valence-corrected chi connectivity index (χ4v) is 12.3. The molecule has 0 radical (unpaired) electrons. The summed E-state index contributed by atoms with van der Waals surface area (Å²) in [5.74, 6) is 0. The number of nitrogens with zero attached hydrogens (tertiary/aromatic N) is 4. The van der Waals surface area contributed by atoms with E-state index in [0.717, 1.165) is 45.5 Å². The van der Waals surface area contributed by atoms with Crippen LogP contribution in [0.1, 0.15) is 22.5 Å². The van der Waals surface area contributed by atoms with E-state index in [-0.39, 0.29) is 0 Å². The average Bonchev–Trinajstić information content (AvgIpc) is 3.77. The summed E-state index contributed by atoms with van der Waals surface area (Å²) in [4.78, 5) is 4.68. The van der Waals surface area contributed by atoms with Gasteiger partial charge in [-0.25, -0.2) is 0 Å². The van der Waals surface area contributed by atoms with Crippen molar-refractivity contribution in [3.05, 3.63) is 326 Å². The molecule has 14 aromatic rings. The molecule has 0 aliphatic heterocycles. The van der Waals surface area contributed by atoms with Gasteiger partial charge < -0.3 is 18.9 Å². The molecule has 84 heavy (non-hydrogen) atoms. The fraction of sp³-hybridized carbons (Fsp3) is 0.0500. The second kappa shape index (κ2) is 22.0. The van der Waals surface area contributed by atoms with Gasteiger partial charge in [-0.15, -0.1) is 0 Å². The normalized spacial score (nSPS) is 11.3. The lowest BCUT2D eigenvalue weighted by atomic mass is 9.99. The SMILES string of the molecule is Cc1c(C)n(-c2ccc(N(c3ccccc3)c3ccc(-c4cccc(-c5ccccc5)c4)cc3)cc2)c2ccc(-c3ccc4c(c3)c(C)c(C)n4-c3ccc(N(c4ccccc4)c4ccc(-c5cccc(-c6ccccc6)c5)cc4)cc3)cc12. The molecule has 0 unspecified atom stereocenters. The molecule has 0 aliphatic rings. The van der Waals surface area contributed by atoms with E-state index in [1.54, 1.807) is 0 Å². The highest BCUT2D eigenvalue weighted by atomic mass is 15.1. The topological polar surface area (TPSA) is 16.3 Å². The van der Waals surface area contributed by atoms with Crippen molar-refractivity contribution in [2.45, 2.75) is 27.7 Å².